The van der Waals surface area contributed by atoms with Gasteiger partial charge in [0.2, 0.25) is 0 Å². The van der Waals surface area contributed by atoms with Crippen LogP contribution in [0.4, 0.5) is 27.1 Å². The molecule has 2 aromatic carbocycles. The molecule has 246 valence electrons. The van der Waals surface area contributed by atoms with Crippen molar-refractivity contribution in [3.63, 3.8) is 0 Å². The Morgan fingerprint density at radius 3 is 2.40 bits per heavy atom. The number of nitrogens with zero attached hydrogens (tertiary/aromatic N) is 3. The van der Waals surface area contributed by atoms with Gasteiger partial charge in [0, 0.05) is 33.3 Å². The smallest absolute Gasteiger partial charge is 0.382 e. The van der Waals surface area contributed by atoms with E-state index in [1.54, 1.807) is 24.0 Å². The Bertz CT molecular complexity index is 1520. The van der Waals surface area contributed by atoms with Crippen molar-refractivity contribution >= 4 is 32.2 Å². The molecule has 2 atom stereocenters. The second-order valence-corrected chi connectivity index (χ2v) is 13.6. The van der Waals surface area contributed by atoms with Crippen molar-refractivity contribution in [1.29, 1.82) is 0 Å². The number of hydrogen-bond donors (Lipinski definition) is 1. The summed E-state index contributed by atoms with van der Waals surface area (Å²) in [4.78, 5) is 21.7. The summed E-state index contributed by atoms with van der Waals surface area (Å²) in [6.45, 7) is -0.253. The van der Waals surface area contributed by atoms with Crippen LogP contribution in [0.5, 0.6) is 0 Å². The minimum Gasteiger partial charge on any atom is -0.382 e. The van der Waals surface area contributed by atoms with E-state index < -0.39 is 46.2 Å². The van der Waals surface area contributed by atoms with E-state index in [2.05, 4.69) is 15.0 Å². The molecular formula is C29H33F5N4O5S2. The van der Waals surface area contributed by atoms with E-state index in [-0.39, 0.29) is 35.3 Å². The number of halogens is 5. The number of ether oxygens (including phenoxy) is 2. The lowest BCUT2D eigenvalue weighted by Gasteiger charge is -2.41. The van der Waals surface area contributed by atoms with Crippen LogP contribution in [0.3, 0.4) is 0 Å². The molecule has 9 nitrogen and oxygen atoms in total. The van der Waals surface area contributed by atoms with E-state index in [1.807, 2.05) is 4.90 Å². The van der Waals surface area contributed by atoms with Crippen LogP contribution in [0.25, 0.3) is 0 Å². The van der Waals surface area contributed by atoms with Crippen LogP contribution in [0.1, 0.15) is 39.3 Å². The van der Waals surface area contributed by atoms with Crippen molar-refractivity contribution in [1.82, 2.24) is 15.2 Å². The van der Waals surface area contributed by atoms with Crippen molar-refractivity contribution in [2.45, 2.75) is 43.2 Å². The highest BCUT2D eigenvalue weighted by atomic mass is 32.2. The molecule has 2 heterocycles. The molecule has 16 heteroatoms. The zero-order valence-corrected chi connectivity index (χ0v) is 26.1. The van der Waals surface area contributed by atoms with Gasteiger partial charge in [0.05, 0.1) is 47.7 Å². The molecule has 0 spiro atoms. The van der Waals surface area contributed by atoms with Crippen molar-refractivity contribution in [3.05, 3.63) is 76.3 Å². The average molecular weight is 677 g/mol. The molecule has 1 aromatic heterocycles. The number of hydrogen-bond acceptors (Lipinski definition) is 9. The molecule has 3 aromatic rings. The molecule has 0 aliphatic carbocycles. The fourth-order valence-corrected chi connectivity index (χ4v) is 6.69. The summed E-state index contributed by atoms with van der Waals surface area (Å²) >= 11 is 1.07. The first kappa shape index (κ1) is 34.7. The maximum atomic E-state index is 13.2. The lowest BCUT2D eigenvalue weighted by atomic mass is 10.1. The molecule has 1 unspecified atom stereocenters. The van der Waals surface area contributed by atoms with E-state index in [0.29, 0.717) is 35.9 Å². The van der Waals surface area contributed by atoms with Gasteiger partial charge in [-0.1, -0.05) is 42.5 Å². The number of sulfone groups is 1. The number of methoxy groups -OCH3 is 1. The number of piperazine rings is 1. The Kier molecular flexibility index (Phi) is 11.5. The van der Waals surface area contributed by atoms with E-state index in [4.69, 9.17) is 4.74 Å². The van der Waals surface area contributed by atoms with Crippen LogP contribution < -0.4 is 10.2 Å². The monoisotopic (exact) mass is 676 g/mol. The number of rotatable bonds is 13. The summed E-state index contributed by atoms with van der Waals surface area (Å²) in [5.41, 5.74) is 0.528. The topological polar surface area (TPSA) is 101 Å². The minimum atomic E-state index is -4.44. The number of anilines is 1. The van der Waals surface area contributed by atoms with Gasteiger partial charge in [-0.05, 0) is 35.4 Å². The third-order valence-electron chi connectivity index (χ3n) is 7.29. The maximum Gasteiger partial charge on any atom is 0.416 e. The van der Waals surface area contributed by atoms with Crippen molar-refractivity contribution < 1.29 is 44.6 Å². The predicted molar refractivity (Wildman–Crippen MR) is 158 cm³/mol. The fourth-order valence-electron chi connectivity index (χ4n) is 4.89. The predicted octanol–water partition coefficient (Wildman–Crippen LogP) is 5.00. The summed E-state index contributed by atoms with van der Waals surface area (Å²) < 4.78 is 98.9. The summed E-state index contributed by atoms with van der Waals surface area (Å²) in [5.74, 6) is -0.492. The first-order chi connectivity index (χ1) is 21.3. The van der Waals surface area contributed by atoms with Gasteiger partial charge in [-0.3, -0.25) is 9.69 Å². The van der Waals surface area contributed by atoms with E-state index in [0.717, 1.165) is 23.5 Å². The molecule has 0 bridgehead atoms. The number of benzene rings is 2. The van der Waals surface area contributed by atoms with Crippen LogP contribution in [0.2, 0.25) is 0 Å². The van der Waals surface area contributed by atoms with E-state index >= 15 is 0 Å². The Hall–Kier alpha value is -3.18. The van der Waals surface area contributed by atoms with E-state index in [1.165, 1.54) is 37.6 Å². The Morgan fingerprint density at radius 2 is 1.80 bits per heavy atom. The van der Waals surface area contributed by atoms with Crippen LogP contribution in [0, 0.1) is 0 Å². The van der Waals surface area contributed by atoms with Crippen LogP contribution in [-0.4, -0.2) is 82.6 Å². The first-order valence-electron chi connectivity index (χ1n) is 13.9. The maximum absolute atomic E-state index is 13.2. The molecule has 1 aliphatic heterocycles. The molecular weight excluding hydrogens is 643 g/mol. The zero-order valence-electron chi connectivity index (χ0n) is 24.5. The van der Waals surface area contributed by atoms with Gasteiger partial charge in [-0.2, -0.15) is 22.0 Å². The molecule has 1 saturated heterocycles. The summed E-state index contributed by atoms with van der Waals surface area (Å²) in [5, 5.41) is 3.30. The molecule has 1 aliphatic rings. The number of thiazole rings is 1. The van der Waals surface area contributed by atoms with Crippen LogP contribution in [0.15, 0.2) is 59.6 Å². The molecule has 1 amide bonds. The molecule has 1 fully saturated rings. The Labute approximate surface area is 261 Å². The second-order valence-electron chi connectivity index (χ2n) is 10.3. The van der Waals surface area contributed by atoms with Crippen molar-refractivity contribution in [3.8, 4) is 0 Å². The number of carbonyl (C=O) groups is 1. The highest BCUT2D eigenvalue weighted by molar-refractivity contribution is 7.91. The standard InChI is InChI=1S/C29H33F5N4O5S2/c1-3-45(40,41)23-10-6-20(7-11-23)24(18-42-2)36-26(39)25-14-35-28(44-25)38-13-12-37(16-22(38)17-43-27(30)31)15-19-4-8-21(9-5-19)29(32,33)34/h4-11,14,22,24,27H,3,12-13,15-18H2,1-2H3,(H,36,39)/t22?,24-/m0/s1. The molecule has 0 radical (unpaired) electrons. The quantitative estimate of drug-likeness (QED) is 0.253. The average Bonchev–Trinajstić information content (AvgIpc) is 3.50. The molecule has 0 saturated carbocycles. The van der Waals surface area contributed by atoms with Gasteiger partial charge >= 0.3 is 12.8 Å². The number of aromatic nitrogens is 1. The van der Waals surface area contributed by atoms with Gasteiger partial charge < -0.3 is 19.7 Å². The van der Waals surface area contributed by atoms with Gasteiger partial charge in [-0.25, -0.2) is 13.4 Å². The highest BCUT2D eigenvalue weighted by Gasteiger charge is 2.32. The summed E-state index contributed by atoms with van der Waals surface area (Å²) in [7, 11) is -1.92. The molecule has 1 N–H and O–H groups in total. The fraction of sp³-hybridized carbons (Fsp3) is 0.448. The molecule has 45 heavy (non-hydrogen) atoms. The Morgan fingerprint density at radius 1 is 1.11 bits per heavy atom. The first-order valence-corrected chi connectivity index (χ1v) is 16.4. The van der Waals surface area contributed by atoms with Gasteiger partial charge in [-0.15, -0.1) is 0 Å². The lowest BCUT2D eigenvalue weighted by molar-refractivity contribution is -0.137. The van der Waals surface area contributed by atoms with E-state index in [9.17, 15) is 35.2 Å². The lowest BCUT2D eigenvalue weighted by Crippen LogP contribution is -2.55. The zero-order chi connectivity index (χ0) is 32.8. The third-order valence-corrected chi connectivity index (χ3v) is 10.1. The largest absolute Gasteiger partial charge is 0.416 e. The number of carbonyl (C=O) groups excluding carboxylic acids is 1. The highest BCUT2D eigenvalue weighted by Crippen LogP contribution is 2.31. The summed E-state index contributed by atoms with van der Waals surface area (Å²) in [6, 6.07) is 9.83. The third kappa shape index (κ3) is 9.19. The van der Waals surface area contributed by atoms with Gasteiger partial charge in [0.15, 0.2) is 15.0 Å². The van der Waals surface area contributed by atoms with Crippen molar-refractivity contribution in [2.24, 2.45) is 0 Å². The van der Waals surface area contributed by atoms with Crippen molar-refractivity contribution in [2.75, 3.05) is 50.6 Å². The number of nitrogens with one attached hydrogen (secondary N) is 1. The summed E-state index contributed by atoms with van der Waals surface area (Å²) in [6.07, 6.45) is -3.06. The Balaban J connectivity index is 1.44. The van der Waals surface area contributed by atoms with Gasteiger partial charge in [0.25, 0.3) is 5.91 Å². The normalized spacial score (nSPS) is 17.1. The SMILES string of the molecule is CCS(=O)(=O)c1ccc([C@H](COC)NC(=O)c2cnc(N3CCN(Cc4ccc(C(F)(F)F)cc4)CC3COC(F)F)s2)cc1. The van der Waals surface area contributed by atoms with Crippen LogP contribution >= 0.6 is 11.3 Å². The number of amides is 1. The second kappa shape index (κ2) is 14.9. The minimum absolute atomic E-state index is 0.0401. The van der Waals surface area contributed by atoms with Crippen LogP contribution in [-0.2, 0) is 32.0 Å². The molecule has 4 rings (SSSR count). The number of alkyl halides is 5. The van der Waals surface area contributed by atoms with Gasteiger partial charge in [0.1, 0.15) is 4.88 Å².